The molecule has 0 amide bonds. The lowest BCUT2D eigenvalue weighted by Gasteiger charge is -2.24. The van der Waals surface area contributed by atoms with Crippen LogP contribution >= 0.6 is 11.6 Å². The van der Waals surface area contributed by atoms with Crippen LogP contribution in [0.4, 0.5) is 0 Å². The lowest BCUT2D eigenvalue weighted by atomic mass is 10.1. The highest BCUT2D eigenvalue weighted by molar-refractivity contribution is 6.33. The number of aromatic nitrogens is 5. The molecule has 36 heavy (non-hydrogen) atoms. The fraction of sp³-hybridized carbons (Fsp3) is 0.407. The molecule has 0 unspecified atom stereocenters. The Bertz CT molecular complexity index is 1410. The summed E-state index contributed by atoms with van der Waals surface area (Å²) in [4.78, 5) is 18.5. The van der Waals surface area contributed by atoms with E-state index in [0.717, 1.165) is 61.3 Å². The molecule has 1 aromatic carbocycles. The van der Waals surface area contributed by atoms with Gasteiger partial charge in [0.05, 0.1) is 17.3 Å². The predicted molar refractivity (Wildman–Crippen MR) is 139 cm³/mol. The van der Waals surface area contributed by atoms with E-state index in [9.17, 15) is 0 Å². The zero-order valence-corrected chi connectivity index (χ0v) is 21.3. The van der Waals surface area contributed by atoms with Gasteiger partial charge in [0.2, 0.25) is 5.88 Å². The number of pyridine rings is 1. The number of fused-ring (bicyclic) bond motifs is 1. The first-order valence-electron chi connectivity index (χ1n) is 12.5. The van der Waals surface area contributed by atoms with Crippen LogP contribution in [0.3, 0.4) is 0 Å². The zero-order chi connectivity index (χ0) is 24.7. The van der Waals surface area contributed by atoms with Gasteiger partial charge >= 0.3 is 0 Å². The number of benzene rings is 1. The van der Waals surface area contributed by atoms with Crippen molar-refractivity contribution < 1.29 is 9.47 Å². The minimum atomic E-state index is -0.186. The van der Waals surface area contributed by atoms with Crippen molar-refractivity contribution in [3.8, 4) is 23.0 Å². The van der Waals surface area contributed by atoms with E-state index in [0.29, 0.717) is 34.4 Å². The Morgan fingerprint density at radius 3 is 2.69 bits per heavy atom. The zero-order valence-electron chi connectivity index (χ0n) is 20.5. The molecule has 0 bridgehead atoms. The number of rotatable bonds is 7. The summed E-state index contributed by atoms with van der Waals surface area (Å²) < 4.78 is 14.5. The molecule has 0 atom stereocenters. The fourth-order valence-electron chi connectivity index (χ4n) is 4.56. The second kappa shape index (κ2) is 9.33. The number of aryl methyl sites for hydroxylation is 1. The van der Waals surface area contributed by atoms with Gasteiger partial charge in [0.25, 0.3) is 0 Å². The number of piperidine rings is 1. The molecule has 186 valence electrons. The molecule has 1 saturated carbocycles. The molecule has 1 saturated heterocycles. The molecular formula is C27H29ClN6O2. The van der Waals surface area contributed by atoms with Crippen molar-refractivity contribution in [3.05, 3.63) is 59.1 Å². The lowest BCUT2D eigenvalue weighted by molar-refractivity contribution is 0.162. The predicted octanol–water partition coefficient (Wildman–Crippen LogP) is 4.96. The average molecular weight is 505 g/mol. The van der Waals surface area contributed by atoms with Crippen molar-refractivity contribution in [1.82, 2.24) is 29.8 Å². The Kier molecular flexibility index (Phi) is 6.01. The minimum Gasteiger partial charge on any atom is -0.490 e. The molecule has 3 aromatic heterocycles. The monoisotopic (exact) mass is 504 g/mol. The Morgan fingerprint density at radius 2 is 1.94 bits per heavy atom. The molecule has 1 aliphatic carbocycles. The first-order valence-corrected chi connectivity index (χ1v) is 12.8. The second-order valence-corrected chi connectivity index (χ2v) is 10.4. The molecule has 2 fully saturated rings. The van der Waals surface area contributed by atoms with Crippen molar-refractivity contribution in [2.24, 2.45) is 0 Å². The number of nitrogens with one attached hydrogen (secondary N) is 1. The topological polar surface area (TPSA) is 87.0 Å². The van der Waals surface area contributed by atoms with Crippen LogP contribution in [0.25, 0.3) is 22.6 Å². The van der Waals surface area contributed by atoms with Crippen molar-refractivity contribution in [2.75, 3.05) is 13.1 Å². The van der Waals surface area contributed by atoms with E-state index >= 15 is 0 Å². The van der Waals surface area contributed by atoms with Crippen molar-refractivity contribution >= 4 is 22.8 Å². The minimum absolute atomic E-state index is 0.186. The van der Waals surface area contributed by atoms with Gasteiger partial charge in [-0.15, -0.1) is 0 Å². The van der Waals surface area contributed by atoms with E-state index in [2.05, 4.69) is 40.2 Å². The van der Waals surface area contributed by atoms with E-state index in [1.54, 1.807) is 0 Å². The van der Waals surface area contributed by atoms with Crippen LogP contribution in [0.5, 0.6) is 11.6 Å². The van der Waals surface area contributed by atoms with Crippen molar-refractivity contribution in [1.29, 1.82) is 0 Å². The molecule has 2 aliphatic rings. The normalized spacial score (nSPS) is 17.3. The first-order chi connectivity index (χ1) is 17.5. The number of hydrogen-bond acceptors (Lipinski definition) is 7. The molecule has 9 heteroatoms. The van der Waals surface area contributed by atoms with Gasteiger partial charge in [0, 0.05) is 11.8 Å². The molecule has 0 radical (unpaired) electrons. The third-order valence-electron chi connectivity index (χ3n) is 6.86. The Labute approximate surface area is 215 Å². The van der Waals surface area contributed by atoms with E-state index in [1.165, 1.54) is 6.33 Å². The highest BCUT2D eigenvalue weighted by Crippen LogP contribution is 2.41. The van der Waals surface area contributed by atoms with Gasteiger partial charge < -0.3 is 19.4 Å². The highest BCUT2D eigenvalue weighted by Gasteiger charge is 2.41. The first kappa shape index (κ1) is 23.2. The molecule has 4 aromatic rings. The van der Waals surface area contributed by atoms with E-state index < -0.39 is 0 Å². The molecule has 1 N–H and O–H groups in total. The fourth-order valence-corrected chi connectivity index (χ4v) is 4.82. The highest BCUT2D eigenvalue weighted by atomic mass is 35.5. The molecular weight excluding hydrogens is 476 g/mol. The Balaban J connectivity index is 1.41. The Hall–Kier alpha value is -3.23. The summed E-state index contributed by atoms with van der Waals surface area (Å²) in [6.45, 7) is 6.58. The summed E-state index contributed by atoms with van der Waals surface area (Å²) in [5.74, 6) is 1.96. The number of halogens is 1. The van der Waals surface area contributed by atoms with E-state index in [1.807, 2.05) is 35.0 Å². The van der Waals surface area contributed by atoms with E-state index in [-0.39, 0.29) is 11.7 Å². The van der Waals surface area contributed by atoms with Crippen LogP contribution in [-0.2, 0) is 6.54 Å². The smallest absolute Gasteiger partial charge is 0.245 e. The van der Waals surface area contributed by atoms with E-state index in [4.69, 9.17) is 26.1 Å². The summed E-state index contributed by atoms with van der Waals surface area (Å²) in [6.07, 6.45) is 7.53. The van der Waals surface area contributed by atoms with Crippen LogP contribution in [0.1, 0.15) is 43.9 Å². The molecule has 6 rings (SSSR count). The third-order valence-corrected chi connectivity index (χ3v) is 7.17. The van der Waals surface area contributed by atoms with Gasteiger partial charge in [0.15, 0.2) is 11.2 Å². The lowest BCUT2D eigenvalue weighted by Crippen LogP contribution is -2.34. The van der Waals surface area contributed by atoms with Gasteiger partial charge in [-0.3, -0.25) is 4.98 Å². The van der Waals surface area contributed by atoms with Crippen molar-refractivity contribution in [2.45, 2.75) is 57.8 Å². The van der Waals surface area contributed by atoms with Gasteiger partial charge in [-0.2, -0.15) is 4.98 Å². The number of hydrogen-bond donors (Lipinski definition) is 1. The maximum atomic E-state index is 6.84. The van der Waals surface area contributed by atoms with Crippen LogP contribution in [0, 0.1) is 6.92 Å². The van der Waals surface area contributed by atoms with Crippen LogP contribution in [0.2, 0.25) is 5.02 Å². The summed E-state index contributed by atoms with van der Waals surface area (Å²) in [5.41, 5.74) is 3.97. The van der Waals surface area contributed by atoms with Gasteiger partial charge in [-0.25, -0.2) is 9.97 Å². The number of ether oxygens (including phenoxy) is 2. The molecule has 4 heterocycles. The van der Waals surface area contributed by atoms with Gasteiger partial charge in [-0.1, -0.05) is 11.6 Å². The van der Waals surface area contributed by atoms with Crippen molar-refractivity contribution in [3.63, 3.8) is 0 Å². The molecule has 0 spiro atoms. The second-order valence-electron chi connectivity index (χ2n) is 9.96. The SMILES string of the molecule is Cc1ccnc(Cn2c(-c3ccc(OC4CCNCC4)cc3Cl)nc3c(OC4(C)CC4)ncnc32)c1. The van der Waals surface area contributed by atoms with Crippen LogP contribution in [0.15, 0.2) is 42.9 Å². The summed E-state index contributed by atoms with van der Waals surface area (Å²) in [6, 6.07) is 9.86. The summed E-state index contributed by atoms with van der Waals surface area (Å²) in [5, 5.41) is 3.93. The number of nitrogens with zero attached hydrogens (tertiary/aromatic N) is 5. The van der Waals surface area contributed by atoms with Crippen LogP contribution < -0.4 is 14.8 Å². The number of imidazole rings is 1. The maximum absolute atomic E-state index is 6.84. The standard InChI is InChI=1S/C27H29ClN6O2/c1-17-5-12-30-18(13-17)15-34-24(33-23-25(34)31-16-32-26(23)36-27(2)8-9-27)21-4-3-20(14-22(21)28)35-19-6-10-29-11-7-19/h3-5,12-14,16,19,29H,6-11,15H2,1-2H3. The maximum Gasteiger partial charge on any atom is 0.245 e. The molecule has 8 nitrogen and oxygen atoms in total. The third kappa shape index (κ3) is 4.75. The van der Waals surface area contributed by atoms with Crippen LogP contribution in [-0.4, -0.2) is 49.3 Å². The summed E-state index contributed by atoms with van der Waals surface area (Å²) in [7, 11) is 0. The Morgan fingerprint density at radius 1 is 1.11 bits per heavy atom. The average Bonchev–Trinajstić information content (AvgIpc) is 3.48. The molecule has 1 aliphatic heterocycles. The quantitative estimate of drug-likeness (QED) is 0.380. The largest absolute Gasteiger partial charge is 0.490 e. The summed E-state index contributed by atoms with van der Waals surface area (Å²) >= 11 is 6.84. The van der Waals surface area contributed by atoms with Gasteiger partial charge in [0.1, 0.15) is 29.6 Å². The van der Waals surface area contributed by atoms with Gasteiger partial charge in [-0.05, 0) is 88.5 Å².